The summed E-state index contributed by atoms with van der Waals surface area (Å²) in [5.41, 5.74) is 4.92. The highest BCUT2D eigenvalue weighted by Gasteiger charge is 2.45. The van der Waals surface area contributed by atoms with Crippen molar-refractivity contribution in [2.45, 2.75) is 50.2 Å². The smallest absolute Gasteiger partial charge is 0.323 e. The number of nitrogens with two attached hydrogens (primary N) is 1. The fraction of sp³-hybridized carbons (Fsp3) is 0.917. The van der Waals surface area contributed by atoms with Crippen LogP contribution in [0, 0.1) is 0 Å². The summed E-state index contributed by atoms with van der Waals surface area (Å²) in [7, 11) is 0. The summed E-state index contributed by atoms with van der Waals surface area (Å²) in [4.78, 5) is 13.5. The van der Waals surface area contributed by atoms with Crippen LogP contribution in [0.3, 0.4) is 0 Å². The van der Waals surface area contributed by atoms with E-state index in [0.29, 0.717) is 24.9 Å². The standard InChI is InChI=1S/C12H22N2O3/c1-2-9-8-17-6-5-14(9)10-3-4-12(13,7-10)11(15)16/h9-10H,2-8,13H2,1H3,(H,15,16). The lowest BCUT2D eigenvalue weighted by atomic mass is 9.98. The van der Waals surface area contributed by atoms with Gasteiger partial charge in [0.25, 0.3) is 0 Å². The van der Waals surface area contributed by atoms with Crippen LogP contribution in [0.25, 0.3) is 0 Å². The average molecular weight is 242 g/mol. The van der Waals surface area contributed by atoms with Crippen molar-refractivity contribution in [1.29, 1.82) is 0 Å². The molecular weight excluding hydrogens is 220 g/mol. The van der Waals surface area contributed by atoms with E-state index in [1.165, 1.54) is 0 Å². The lowest BCUT2D eigenvalue weighted by molar-refractivity contribution is -0.143. The molecule has 2 rings (SSSR count). The van der Waals surface area contributed by atoms with Gasteiger partial charge in [0.05, 0.1) is 13.2 Å². The molecule has 1 aliphatic heterocycles. The van der Waals surface area contributed by atoms with Gasteiger partial charge < -0.3 is 15.6 Å². The minimum absolute atomic E-state index is 0.310. The van der Waals surface area contributed by atoms with Crippen molar-refractivity contribution in [2.75, 3.05) is 19.8 Å². The number of carboxylic acids is 1. The van der Waals surface area contributed by atoms with Crippen LogP contribution in [-0.4, -0.2) is 53.4 Å². The topological polar surface area (TPSA) is 75.8 Å². The second-order valence-electron chi connectivity index (χ2n) is 5.23. The van der Waals surface area contributed by atoms with E-state index in [2.05, 4.69) is 11.8 Å². The van der Waals surface area contributed by atoms with E-state index >= 15 is 0 Å². The van der Waals surface area contributed by atoms with E-state index < -0.39 is 11.5 Å². The predicted octanol–water partition coefficient (Wildman–Crippen LogP) is 0.432. The Bertz CT molecular complexity index is 297. The largest absolute Gasteiger partial charge is 0.480 e. The number of morpholine rings is 1. The molecule has 3 N–H and O–H groups in total. The fourth-order valence-corrected chi connectivity index (χ4v) is 3.03. The number of hydrogen-bond donors (Lipinski definition) is 2. The van der Waals surface area contributed by atoms with E-state index in [1.54, 1.807) is 0 Å². The molecule has 0 aromatic heterocycles. The van der Waals surface area contributed by atoms with Crippen molar-refractivity contribution in [2.24, 2.45) is 5.73 Å². The van der Waals surface area contributed by atoms with Crippen LogP contribution in [0.1, 0.15) is 32.6 Å². The number of carboxylic acid groups (broad SMARTS) is 1. The summed E-state index contributed by atoms with van der Waals surface area (Å²) >= 11 is 0. The molecule has 2 fully saturated rings. The van der Waals surface area contributed by atoms with E-state index in [9.17, 15) is 4.79 Å². The maximum atomic E-state index is 11.1. The Kier molecular flexibility index (Phi) is 3.70. The third-order valence-corrected chi connectivity index (χ3v) is 4.16. The second-order valence-corrected chi connectivity index (χ2v) is 5.23. The summed E-state index contributed by atoms with van der Waals surface area (Å²) in [6, 6.07) is 0.731. The molecule has 2 aliphatic rings. The Morgan fingerprint density at radius 1 is 1.65 bits per heavy atom. The van der Waals surface area contributed by atoms with E-state index in [-0.39, 0.29) is 0 Å². The molecule has 5 nitrogen and oxygen atoms in total. The van der Waals surface area contributed by atoms with Crippen LogP contribution in [0.15, 0.2) is 0 Å². The van der Waals surface area contributed by atoms with Crippen molar-refractivity contribution >= 4 is 5.97 Å². The first-order valence-corrected chi connectivity index (χ1v) is 6.42. The minimum atomic E-state index is -1.01. The first-order valence-electron chi connectivity index (χ1n) is 6.42. The summed E-state index contributed by atoms with van der Waals surface area (Å²) in [5, 5.41) is 9.14. The SMILES string of the molecule is CCC1COCCN1C1CCC(N)(C(=O)O)C1. The zero-order valence-electron chi connectivity index (χ0n) is 10.4. The third-order valence-electron chi connectivity index (χ3n) is 4.16. The van der Waals surface area contributed by atoms with Gasteiger partial charge in [-0.15, -0.1) is 0 Å². The highest BCUT2D eigenvalue weighted by atomic mass is 16.5. The Balaban J connectivity index is 2.01. The zero-order chi connectivity index (χ0) is 12.5. The van der Waals surface area contributed by atoms with Gasteiger partial charge in [0, 0.05) is 18.6 Å². The lowest BCUT2D eigenvalue weighted by Crippen LogP contribution is -2.52. The van der Waals surface area contributed by atoms with Gasteiger partial charge in [0.2, 0.25) is 0 Å². The normalized spacial score (nSPS) is 39.4. The van der Waals surface area contributed by atoms with Gasteiger partial charge in [-0.2, -0.15) is 0 Å². The summed E-state index contributed by atoms with van der Waals surface area (Å²) in [5.74, 6) is -0.860. The van der Waals surface area contributed by atoms with E-state index in [4.69, 9.17) is 15.6 Å². The van der Waals surface area contributed by atoms with Crippen molar-refractivity contribution in [3.63, 3.8) is 0 Å². The van der Waals surface area contributed by atoms with Crippen LogP contribution in [-0.2, 0) is 9.53 Å². The van der Waals surface area contributed by atoms with Crippen LogP contribution < -0.4 is 5.73 Å². The predicted molar refractivity (Wildman–Crippen MR) is 63.8 cm³/mol. The van der Waals surface area contributed by atoms with Crippen molar-refractivity contribution in [1.82, 2.24) is 4.90 Å². The van der Waals surface area contributed by atoms with Crippen LogP contribution in [0.2, 0.25) is 0 Å². The molecule has 0 amide bonds. The average Bonchev–Trinajstić information content (AvgIpc) is 2.73. The quantitative estimate of drug-likeness (QED) is 0.750. The Labute approximate surface area is 102 Å². The molecule has 3 unspecified atom stereocenters. The van der Waals surface area contributed by atoms with Gasteiger partial charge in [-0.1, -0.05) is 6.92 Å². The van der Waals surface area contributed by atoms with Crippen molar-refractivity contribution < 1.29 is 14.6 Å². The molecule has 3 atom stereocenters. The number of nitrogens with zero attached hydrogens (tertiary/aromatic N) is 1. The van der Waals surface area contributed by atoms with Crippen LogP contribution in [0.4, 0.5) is 0 Å². The molecule has 1 heterocycles. The maximum Gasteiger partial charge on any atom is 0.323 e. The molecule has 17 heavy (non-hydrogen) atoms. The number of carbonyl (C=O) groups is 1. The highest BCUT2D eigenvalue weighted by Crippen LogP contribution is 2.33. The molecule has 0 spiro atoms. The minimum Gasteiger partial charge on any atom is -0.480 e. The van der Waals surface area contributed by atoms with Gasteiger partial charge in [-0.3, -0.25) is 9.69 Å². The monoisotopic (exact) mass is 242 g/mol. The second kappa shape index (κ2) is 4.92. The van der Waals surface area contributed by atoms with Crippen LogP contribution >= 0.6 is 0 Å². The molecule has 1 aliphatic carbocycles. The summed E-state index contributed by atoms with van der Waals surface area (Å²) in [6.07, 6.45) is 3.08. The van der Waals surface area contributed by atoms with E-state index in [0.717, 1.165) is 32.6 Å². The van der Waals surface area contributed by atoms with E-state index in [1.807, 2.05) is 0 Å². The molecule has 5 heteroatoms. The first-order chi connectivity index (χ1) is 8.07. The third kappa shape index (κ3) is 2.46. The molecule has 1 saturated carbocycles. The molecular formula is C12H22N2O3. The van der Waals surface area contributed by atoms with Crippen molar-refractivity contribution in [3.05, 3.63) is 0 Å². The molecule has 0 aromatic rings. The van der Waals surface area contributed by atoms with Gasteiger partial charge in [-0.25, -0.2) is 0 Å². The van der Waals surface area contributed by atoms with Gasteiger partial charge in [-0.05, 0) is 25.7 Å². The van der Waals surface area contributed by atoms with Gasteiger partial charge in [0.1, 0.15) is 5.54 Å². The first kappa shape index (κ1) is 12.8. The van der Waals surface area contributed by atoms with Gasteiger partial charge in [0.15, 0.2) is 0 Å². The van der Waals surface area contributed by atoms with Crippen LogP contribution in [0.5, 0.6) is 0 Å². The molecule has 0 radical (unpaired) electrons. The fourth-order valence-electron chi connectivity index (χ4n) is 3.03. The maximum absolute atomic E-state index is 11.1. The Morgan fingerprint density at radius 3 is 3.00 bits per heavy atom. The van der Waals surface area contributed by atoms with Gasteiger partial charge >= 0.3 is 5.97 Å². The number of ether oxygens (including phenoxy) is 1. The highest BCUT2D eigenvalue weighted by molar-refractivity contribution is 5.79. The molecule has 98 valence electrons. The summed E-state index contributed by atoms with van der Waals surface area (Å²) < 4.78 is 5.47. The molecule has 0 bridgehead atoms. The Morgan fingerprint density at radius 2 is 2.41 bits per heavy atom. The zero-order valence-corrected chi connectivity index (χ0v) is 10.4. The number of hydrogen-bond acceptors (Lipinski definition) is 4. The number of aliphatic carboxylic acids is 1. The van der Waals surface area contributed by atoms with Crippen molar-refractivity contribution in [3.8, 4) is 0 Å². The summed E-state index contributed by atoms with van der Waals surface area (Å²) in [6.45, 7) is 4.56. The molecule has 0 aromatic carbocycles. The Hall–Kier alpha value is -0.650. The molecule has 1 saturated heterocycles. The lowest BCUT2D eigenvalue weighted by Gasteiger charge is -2.39. The number of rotatable bonds is 3.